The number of anilines is 1. The maximum Gasteiger partial charge on any atom is 0.266 e. The van der Waals surface area contributed by atoms with Gasteiger partial charge in [-0.25, -0.2) is 0 Å². The van der Waals surface area contributed by atoms with Crippen LogP contribution >= 0.6 is 38.9 Å². The molecule has 0 aliphatic rings. The van der Waals surface area contributed by atoms with E-state index in [1.165, 1.54) is 11.3 Å². The predicted octanol–water partition coefficient (Wildman–Crippen LogP) is 4.71. The van der Waals surface area contributed by atoms with Crippen LogP contribution in [0.25, 0.3) is 6.08 Å². The van der Waals surface area contributed by atoms with Crippen LogP contribution < -0.4 is 5.32 Å². The minimum Gasteiger partial charge on any atom is -0.321 e. The highest BCUT2D eigenvalue weighted by Gasteiger charge is 2.10. The first kappa shape index (κ1) is 14.8. The molecule has 0 saturated carbocycles. The van der Waals surface area contributed by atoms with Crippen molar-refractivity contribution in [2.24, 2.45) is 0 Å². The van der Waals surface area contributed by atoms with E-state index in [-0.39, 0.29) is 5.57 Å². The maximum atomic E-state index is 12.0. The second-order valence-corrected chi connectivity index (χ2v) is 6.10. The van der Waals surface area contributed by atoms with Gasteiger partial charge in [-0.05, 0) is 46.3 Å². The Morgan fingerprint density at radius 2 is 2.25 bits per heavy atom. The van der Waals surface area contributed by atoms with Gasteiger partial charge in [0.15, 0.2) is 0 Å². The number of hydrogen-bond acceptors (Lipinski definition) is 3. The summed E-state index contributed by atoms with van der Waals surface area (Å²) >= 11 is 10.6. The van der Waals surface area contributed by atoms with Crippen LogP contribution in [0, 0.1) is 11.3 Å². The highest BCUT2D eigenvalue weighted by atomic mass is 79.9. The molecule has 0 fully saturated rings. The molecule has 0 saturated heterocycles. The summed E-state index contributed by atoms with van der Waals surface area (Å²) in [5.41, 5.74) is 0.593. The van der Waals surface area contributed by atoms with Gasteiger partial charge in [0.2, 0.25) is 0 Å². The van der Waals surface area contributed by atoms with Gasteiger partial charge >= 0.3 is 0 Å². The Labute approximate surface area is 133 Å². The Hall–Kier alpha value is -1.61. The van der Waals surface area contributed by atoms with Crippen LogP contribution in [0.2, 0.25) is 5.02 Å². The van der Waals surface area contributed by atoms with E-state index in [1.54, 1.807) is 30.3 Å². The first-order valence-electron chi connectivity index (χ1n) is 5.51. The second kappa shape index (κ2) is 6.71. The number of nitrogens with zero attached hydrogens (tertiary/aromatic N) is 1. The Morgan fingerprint density at radius 3 is 2.85 bits per heavy atom. The van der Waals surface area contributed by atoms with Gasteiger partial charge in [-0.2, -0.15) is 5.26 Å². The fourth-order valence-electron chi connectivity index (χ4n) is 1.46. The van der Waals surface area contributed by atoms with Gasteiger partial charge in [0, 0.05) is 25.4 Å². The minimum absolute atomic E-state index is 0.0410. The Morgan fingerprint density at radius 1 is 1.45 bits per heavy atom. The predicted molar refractivity (Wildman–Crippen MR) is 85.7 cm³/mol. The zero-order chi connectivity index (χ0) is 14.5. The van der Waals surface area contributed by atoms with E-state index in [4.69, 9.17) is 16.9 Å². The first-order chi connectivity index (χ1) is 9.58. The number of amides is 1. The highest BCUT2D eigenvalue weighted by Crippen LogP contribution is 2.22. The van der Waals surface area contributed by atoms with E-state index in [1.807, 2.05) is 17.5 Å². The fraction of sp³-hybridized carbons (Fsp3) is 0. The minimum atomic E-state index is -0.459. The van der Waals surface area contributed by atoms with Crippen molar-refractivity contribution in [1.82, 2.24) is 0 Å². The number of rotatable bonds is 3. The third-order valence-corrected chi connectivity index (χ3v) is 4.20. The molecule has 0 bridgehead atoms. The summed E-state index contributed by atoms with van der Waals surface area (Å²) in [5.74, 6) is -0.459. The van der Waals surface area contributed by atoms with Crippen LogP contribution in [0.5, 0.6) is 0 Å². The summed E-state index contributed by atoms with van der Waals surface area (Å²) < 4.78 is 0.918. The van der Waals surface area contributed by atoms with Crippen molar-refractivity contribution in [3.05, 3.63) is 55.7 Å². The van der Waals surface area contributed by atoms with Gasteiger partial charge in [-0.1, -0.05) is 17.7 Å². The van der Waals surface area contributed by atoms with E-state index >= 15 is 0 Å². The van der Waals surface area contributed by atoms with E-state index in [0.29, 0.717) is 10.7 Å². The number of nitrogens with one attached hydrogen (secondary N) is 1. The van der Waals surface area contributed by atoms with E-state index < -0.39 is 5.91 Å². The lowest BCUT2D eigenvalue weighted by Gasteiger charge is -2.04. The fourth-order valence-corrected chi connectivity index (χ4v) is 3.03. The number of thiophene rings is 1. The number of benzene rings is 1. The summed E-state index contributed by atoms with van der Waals surface area (Å²) in [6.45, 7) is 0. The van der Waals surface area contributed by atoms with E-state index in [2.05, 4.69) is 21.2 Å². The molecule has 20 heavy (non-hydrogen) atoms. The molecule has 100 valence electrons. The van der Waals surface area contributed by atoms with Crippen molar-refractivity contribution < 1.29 is 4.79 Å². The van der Waals surface area contributed by atoms with Crippen molar-refractivity contribution in [1.29, 1.82) is 5.26 Å². The van der Waals surface area contributed by atoms with Crippen molar-refractivity contribution in [3.8, 4) is 6.07 Å². The van der Waals surface area contributed by atoms with Gasteiger partial charge in [0.05, 0.1) is 0 Å². The maximum absolute atomic E-state index is 12.0. The molecule has 1 aromatic carbocycles. The largest absolute Gasteiger partial charge is 0.321 e. The molecule has 1 amide bonds. The van der Waals surface area contributed by atoms with Crippen molar-refractivity contribution in [2.45, 2.75) is 0 Å². The lowest BCUT2D eigenvalue weighted by Crippen LogP contribution is -2.13. The normalized spacial score (nSPS) is 10.9. The topological polar surface area (TPSA) is 52.9 Å². The molecule has 3 nitrogen and oxygen atoms in total. The van der Waals surface area contributed by atoms with Crippen LogP contribution in [0.3, 0.4) is 0 Å². The Kier molecular flexibility index (Phi) is 4.96. The van der Waals surface area contributed by atoms with Gasteiger partial charge in [-0.3, -0.25) is 4.79 Å². The summed E-state index contributed by atoms with van der Waals surface area (Å²) in [6, 6.07) is 10.5. The molecule has 0 radical (unpaired) electrons. The molecule has 0 aliphatic heterocycles. The van der Waals surface area contributed by atoms with E-state index in [9.17, 15) is 4.79 Å². The van der Waals surface area contributed by atoms with Gasteiger partial charge in [0.1, 0.15) is 11.6 Å². The third-order valence-electron chi connectivity index (χ3n) is 2.32. The number of carbonyl (C=O) groups excluding carboxylic acids is 1. The molecule has 0 atom stereocenters. The summed E-state index contributed by atoms with van der Waals surface area (Å²) in [4.78, 5) is 12.8. The number of carbonyl (C=O) groups is 1. The Balaban J connectivity index is 2.18. The summed E-state index contributed by atoms with van der Waals surface area (Å²) in [5, 5.41) is 14.1. The molecule has 0 spiro atoms. The number of hydrogen-bond donors (Lipinski definition) is 1. The molecule has 2 rings (SSSR count). The molecule has 6 heteroatoms. The summed E-state index contributed by atoms with van der Waals surface area (Å²) in [6.07, 6.45) is 1.55. The average Bonchev–Trinajstić information content (AvgIpc) is 2.81. The molecule has 1 N–H and O–H groups in total. The van der Waals surface area contributed by atoms with Crippen LogP contribution in [0.1, 0.15) is 4.88 Å². The zero-order valence-electron chi connectivity index (χ0n) is 10.1. The van der Waals surface area contributed by atoms with Crippen molar-refractivity contribution in [2.75, 3.05) is 5.32 Å². The quantitative estimate of drug-likeness (QED) is 0.631. The molecule has 0 aliphatic carbocycles. The van der Waals surface area contributed by atoms with Crippen molar-refractivity contribution >= 4 is 56.5 Å². The van der Waals surface area contributed by atoms with Gasteiger partial charge < -0.3 is 5.32 Å². The average molecular weight is 368 g/mol. The smallest absolute Gasteiger partial charge is 0.266 e. The molecular weight excluding hydrogens is 360 g/mol. The molecule has 0 unspecified atom stereocenters. The second-order valence-electron chi connectivity index (χ2n) is 3.80. The zero-order valence-corrected chi connectivity index (χ0v) is 13.2. The number of nitriles is 1. The standard InChI is InChI=1S/C14H8BrClN2OS/c15-10-5-13(20-8-10)4-9(7-17)14(19)18-12-3-1-2-11(16)6-12/h1-6,8H,(H,18,19)/b9-4+. The molecule has 1 heterocycles. The Bertz CT molecular complexity index is 718. The molecule has 1 aromatic heterocycles. The van der Waals surface area contributed by atoms with E-state index in [0.717, 1.165) is 9.35 Å². The number of halogens is 2. The lowest BCUT2D eigenvalue weighted by molar-refractivity contribution is -0.112. The third kappa shape index (κ3) is 3.94. The lowest BCUT2D eigenvalue weighted by atomic mass is 10.2. The molecular formula is C14H8BrClN2OS. The van der Waals surface area contributed by atoms with Crippen LogP contribution in [0.4, 0.5) is 5.69 Å². The summed E-state index contributed by atoms with van der Waals surface area (Å²) in [7, 11) is 0. The monoisotopic (exact) mass is 366 g/mol. The van der Waals surface area contributed by atoms with Crippen molar-refractivity contribution in [3.63, 3.8) is 0 Å². The molecule has 2 aromatic rings. The first-order valence-corrected chi connectivity index (χ1v) is 7.56. The SMILES string of the molecule is N#C/C(=C\c1cc(Br)cs1)C(=O)Nc1cccc(Cl)c1. The van der Waals surface area contributed by atoms with Crippen LogP contribution in [-0.2, 0) is 4.79 Å². The van der Waals surface area contributed by atoms with Crippen LogP contribution in [-0.4, -0.2) is 5.91 Å². The highest BCUT2D eigenvalue weighted by molar-refractivity contribution is 9.10. The van der Waals surface area contributed by atoms with Gasteiger partial charge in [-0.15, -0.1) is 11.3 Å². The van der Waals surface area contributed by atoms with Gasteiger partial charge in [0.25, 0.3) is 5.91 Å². The van der Waals surface area contributed by atoms with Crippen LogP contribution in [0.15, 0.2) is 45.8 Å².